The van der Waals surface area contributed by atoms with Crippen LogP contribution in [0.4, 0.5) is 0 Å². The predicted molar refractivity (Wildman–Crippen MR) is 70.3 cm³/mol. The third-order valence-electron chi connectivity index (χ3n) is 2.92. The van der Waals surface area contributed by atoms with Crippen LogP contribution in [0.5, 0.6) is 5.75 Å². The molecule has 1 aromatic carbocycles. The van der Waals surface area contributed by atoms with E-state index in [9.17, 15) is 0 Å². The number of ether oxygens (including phenoxy) is 1. The quantitative estimate of drug-likeness (QED) is 0.602. The van der Waals surface area contributed by atoms with E-state index in [-0.39, 0.29) is 18.9 Å². The molecule has 86 valence electrons. The number of H-pyrrole nitrogens is 1. The van der Waals surface area contributed by atoms with Crippen molar-refractivity contribution >= 4 is 23.5 Å². The first-order valence-electron chi connectivity index (χ1n) is 5.74. The van der Waals surface area contributed by atoms with Gasteiger partial charge >= 0.3 is 18.9 Å². The van der Waals surface area contributed by atoms with Gasteiger partial charge in [-0.05, 0) is 31.1 Å². The summed E-state index contributed by atoms with van der Waals surface area (Å²) in [4.78, 5) is 3.48. The van der Waals surface area contributed by atoms with E-state index < -0.39 is 0 Å². The molecule has 0 bridgehead atoms. The van der Waals surface area contributed by atoms with Crippen molar-refractivity contribution in [3.8, 4) is 16.3 Å². The Hall–Kier alpha value is -1.01. The number of para-hydroxylation sites is 1. The van der Waals surface area contributed by atoms with Gasteiger partial charge in [-0.15, -0.1) is 0 Å². The molecule has 0 unspecified atom stereocenters. The number of fused-ring (bicyclic) bond motifs is 1. The van der Waals surface area contributed by atoms with Crippen LogP contribution in [0, 0.1) is 0 Å². The van der Waals surface area contributed by atoms with Gasteiger partial charge in [0.1, 0.15) is 10.3 Å². The molecular weight excluding hydrogens is 237 g/mol. The van der Waals surface area contributed by atoms with Crippen molar-refractivity contribution < 1.29 is 28.6 Å². The van der Waals surface area contributed by atoms with Crippen molar-refractivity contribution in [2.75, 3.05) is 7.11 Å². The monoisotopic (exact) mass is 251 g/mol. The second kappa shape index (κ2) is 5.75. The number of rotatable bonds is 2. The van der Waals surface area contributed by atoms with Crippen molar-refractivity contribution in [1.29, 1.82) is 0 Å². The first-order chi connectivity index (χ1) is 8.38. The summed E-state index contributed by atoms with van der Waals surface area (Å²) in [6, 6.07) is 8.12. The molecule has 1 aliphatic carbocycles. The van der Waals surface area contributed by atoms with Gasteiger partial charge in [0.15, 0.2) is 0 Å². The molecule has 0 amide bonds. The molecule has 1 aliphatic rings. The second-order valence-corrected chi connectivity index (χ2v) is 5.07. The van der Waals surface area contributed by atoms with Crippen LogP contribution in [0.25, 0.3) is 22.7 Å². The summed E-state index contributed by atoms with van der Waals surface area (Å²) in [5.74, 6) is 0.919. The Morgan fingerprint density at radius 2 is 1.94 bits per heavy atom. The van der Waals surface area contributed by atoms with Crippen LogP contribution >= 0.6 is 11.3 Å². The SMILES string of the molecule is COc1ccccc1-c1[nH+]c2c(s1)=CCCC=2.[Li+]. The van der Waals surface area contributed by atoms with Gasteiger partial charge in [0.05, 0.1) is 12.7 Å². The topological polar surface area (TPSA) is 23.4 Å². The standard InChI is InChI=1S/C14H13NOS.Li/c1-16-12-8-4-2-6-10(12)14-15-11-7-3-5-9-13(11)17-14;/h2,4,6-9H,3,5H2,1H3;/q;+1/p+1. The Labute approximate surface area is 122 Å². The fourth-order valence-corrected chi connectivity index (χ4v) is 3.18. The maximum Gasteiger partial charge on any atom is 1.00 e. The van der Waals surface area contributed by atoms with E-state index in [2.05, 4.69) is 23.2 Å². The molecule has 0 radical (unpaired) electrons. The fraction of sp³-hybridized carbons (Fsp3) is 0.214. The van der Waals surface area contributed by atoms with Gasteiger partial charge in [-0.2, -0.15) is 4.98 Å². The van der Waals surface area contributed by atoms with E-state index in [1.165, 1.54) is 14.9 Å². The number of hydrogen-bond donors (Lipinski definition) is 0. The van der Waals surface area contributed by atoms with E-state index in [0.29, 0.717) is 0 Å². The summed E-state index contributed by atoms with van der Waals surface area (Å²) in [7, 11) is 1.71. The number of hydrogen-bond acceptors (Lipinski definition) is 2. The Bertz CT molecular complexity index is 629. The Morgan fingerprint density at radius 1 is 1.17 bits per heavy atom. The third-order valence-corrected chi connectivity index (χ3v) is 4.05. The van der Waals surface area contributed by atoms with Crippen LogP contribution in [-0.2, 0) is 0 Å². The maximum absolute atomic E-state index is 5.40. The average Bonchev–Trinajstić information content (AvgIpc) is 2.82. The van der Waals surface area contributed by atoms with E-state index in [1.807, 2.05) is 18.2 Å². The van der Waals surface area contributed by atoms with Gasteiger partial charge < -0.3 is 4.74 Å². The second-order valence-electron chi connectivity index (χ2n) is 4.02. The molecule has 2 aromatic rings. The van der Waals surface area contributed by atoms with Crippen molar-refractivity contribution in [2.24, 2.45) is 0 Å². The summed E-state index contributed by atoms with van der Waals surface area (Å²) in [6.45, 7) is 0. The number of methoxy groups -OCH3 is 1. The first-order valence-corrected chi connectivity index (χ1v) is 6.56. The summed E-state index contributed by atoms with van der Waals surface area (Å²) in [5.41, 5.74) is 1.14. The molecule has 0 fully saturated rings. The van der Waals surface area contributed by atoms with Gasteiger partial charge in [0, 0.05) is 0 Å². The summed E-state index contributed by atoms with van der Waals surface area (Å²) < 4.78 is 6.74. The van der Waals surface area contributed by atoms with Crippen LogP contribution in [0.2, 0.25) is 0 Å². The van der Waals surface area contributed by atoms with Crippen LogP contribution in [0.15, 0.2) is 24.3 Å². The van der Waals surface area contributed by atoms with Crippen LogP contribution in [0.3, 0.4) is 0 Å². The Kier molecular flexibility index (Phi) is 4.29. The molecule has 18 heavy (non-hydrogen) atoms. The first kappa shape index (κ1) is 13.4. The molecule has 1 aromatic heterocycles. The number of aromatic nitrogens is 1. The van der Waals surface area contributed by atoms with Crippen LogP contribution in [-0.4, -0.2) is 7.11 Å². The normalized spacial score (nSPS) is 12.7. The van der Waals surface area contributed by atoms with E-state index in [4.69, 9.17) is 4.74 Å². The Morgan fingerprint density at radius 3 is 2.72 bits per heavy atom. The zero-order valence-electron chi connectivity index (χ0n) is 10.7. The third kappa shape index (κ3) is 2.40. The number of nitrogens with one attached hydrogen (secondary N) is 1. The molecule has 0 spiro atoms. The van der Waals surface area contributed by atoms with Gasteiger partial charge in [-0.1, -0.05) is 29.5 Å². The molecule has 1 N–H and O–H groups in total. The minimum absolute atomic E-state index is 0. The molecule has 0 atom stereocenters. The van der Waals surface area contributed by atoms with Gasteiger partial charge in [0.2, 0.25) is 5.35 Å². The van der Waals surface area contributed by atoms with Crippen LogP contribution in [0.1, 0.15) is 12.8 Å². The molecule has 3 rings (SSSR count). The maximum atomic E-state index is 5.40. The molecular formula is C14H14LiNOS+2. The molecule has 0 saturated heterocycles. The molecule has 1 heterocycles. The Balaban J connectivity index is 0.00000120. The van der Waals surface area contributed by atoms with Crippen LogP contribution < -0.4 is 38.5 Å². The summed E-state index contributed by atoms with van der Waals surface area (Å²) >= 11 is 1.80. The van der Waals surface area contributed by atoms with Crippen molar-refractivity contribution in [3.05, 3.63) is 34.1 Å². The van der Waals surface area contributed by atoms with Crippen molar-refractivity contribution in [3.63, 3.8) is 0 Å². The van der Waals surface area contributed by atoms with Gasteiger partial charge in [-0.3, -0.25) is 0 Å². The minimum Gasteiger partial charge on any atom is -0.496 e. The van der Waals surface area contributed by atoms with E-state index >= 15 is 0 Å². The van der Waals surface area contributed by atoms with Crippen molar-refractivity contribution in [1.82, 2.24) is 0 Å². The average molecular weight is 251 g/mol. The predicted octanol–water partition coefficient (Wildman–Crippen LogP) is -1.40. The van der Waals surface area contributed by atoms with E-state index in [1.54, 1.807) is 18.4 Å². The zero-order valence-corrected chi connectivity index (χ0v) is 11.5. The van der Waals surface area contributed by atoms with Crippen molar-refractivity contribution in [2.45, 2.75) is 12.8 Å². The summed E-state index contributed by atoms with van der Waals surface area (Å²) in [5, 5.41) is 2.42. The molecule has 4 heteroatoms. The molecule has 0 aliphatic heterocycles. The van der Waals surface area contributed by atoms with Gasteiger partial charge in [-0.25, -0.2) is 0 Å². The van der Waals surface area contributed by atoms with E-state index in [0.717, 1.165) is 24.2 Å². The van der Waals surface area contributed by atoms with Gasteiger partial charge in [0.25, 0.3) is 5.01 Å². The minimum atomic E-state index is 0. The largest absolute Gasteiger partial charge is 1.00 e. The number of aromatic amines is 1. The zero-order chi connectivity index (χ0) is 11.7. The summed E-state index contributed by atoms with van der Waals surface area (Å²) in [6.07, 6.45) is 6.85. The fourth-order valence-electron chi connectivity index (χ4n) is 2.07. The smallest absolute Gasteiger partial charge is 0.496 e. The molecule has 0 saturated carbocycles. The number of thiazole rings is 1. The molecule has 2 nitrogen and oxygen atoms in total. The number of benzene rings is 1.